The van der Waals surface area contributed by atoms with Crippen molar-refractivity contribution in [1.82, 2.24) is 38.7 Å². The molecule has 1 aliphatic rings. The first-order chi connectivity index (χ1) is 20.1. The maximum Gasteiger partial charge on any atom is 0.355 e. The molecule has 42 heavy (non-hydrogen) atoms. The van der Waals surface area contributed by atoms with Crippen molar-refractivity contribution < 1.29 is 13.2 Å². The molecule has 0 amide bonds. The SMILES string of the molecule is Cn1cnc(Cn2c(=O)nc(Nc3cc4c(N5CCCC5)n(C)nc4cc3Cl)n(Cc3cc(F)c(F)c(F)c3)c2=O)n1. The minimum absolute atomic E-state index is 0.0790. The van der Waals surface area contributed by atoms with Crippen molar-refractivity contribution in [2.45, 2.75) is 25.9 Å². The zero-order valence-electron chi connectivity index (χ0n) is 22.5. The highest BCUT2D eigenvalue weighted by Crippen LogP contribution is 2.35. The smallest absolute Gasteiger partial charge is 0.355 e. The summed E-state index contributed by atoms with van der Waals surface area (Å²) in [6, 6.07) is 4.93. The van der Waals surface area contributed by atoms with E-state index in [1.54, 1.807) is 23.9 Å². The summed E-state index contributed by atoms with van der Waals surface area (Å²) < 4.78 is 46.7. The van der Waals surface area contributed by atoms with Gasteiger partial charge < -0.3 is 10.2 Å². The van der Waals surface area contributed by atoms with Crippen molar-refractivity contribution in [3.8, 4) is 0 Å². The van der Waals surface area contributed by atoms with Crippen molar-refractivity contribution >= 4 is 40.0 Å². The van der Waals surface area contributed by atoms with Gasteiger partial charge >= 0.3 is 11.4 Å². The quantitative estimate of drug-likeness (QED) is 0.283. The molecule has 0 atom stereocenters. The highest BCUT2D eigenvalue weighted by atomic mass is 35.5. The Morgan fingerprint density at radius 3 is 2.33 bits per heavy atom. The molecule has 1 saturated heterocycles. The fraction of sp³-hybridized carbons (Fsp3) is 0.308. The topological polar surface area (TPSA) is 121 Å². The van der Waals surface area contributed by atoms with Gasteiger partial charge in [0.15, 0.2) is 23.3 Å². The lowest BCUT2D eigenvalue weighted by molar-refractivity contribution is 0.444. The Morgan fingerprint density at radius 1 is 0.952 bits per heavy atom. The summed E-state index contributed by atoms with van der Waals surface area (Å²) in [5.74, 6) is -3.67. The van der Waals surface area contributed by atoms with E-state index >= 15 is 0 Å². The number of aryl methyl sites for hydroxylation is 2. The van der Waals surface area contributed by atoms with Crippen LogP contribution in [-0.4, -0.2) is 51.8 Å². The fourth-order valence-corrected chi connectivity index (χ4v) is 5.32. The van der Waals surface area contributed by atoms with Gasteiger partial charge in [0.1, 0.15) is 12.1 Å². The fourth-order valence-electron chi connectivity index (χ4n) is 5.11. The standard InChI is InChI=1S/C26H24ClF3N10O2/c1-36-13-31-21(35-36)12-40-25(41)33-24(39(26(40)42)11-14-7-17(28)22(30)18(29)8-14)32-20-9-15-19(10-16(20)27)34-37(2)23(15)38-5-3-4-6-38/h7-10,13H,3-6,11-12H2,1-2H3,(H,32,33,41). The minimum atomic E-state index is -1.64. The Kier molecular flexibility index (Phi) is 6.96. The third-order valence-corrected chi connectivity index (χ3v) is 7.34. The van der Waals surface area contributed by atoms with E-state index in [9.17, 15) is 22.8 Å². The molecule has 0 unspecified atom stereocenters. The number of fused-ring (bicyclic) bond motifs is 1. The number of benzene rings is 2. The zero-order chi connectivity index (χ0) is 29.7. The first-order valence-electron chi connectivity index (χ1n) is 13.0. The lowest BCUT2D eigenvalue weighted by Gasteiger charge is -2.19. The van der Waals surface area contributed by atoms with Crippen LogP contribution in [0.15, 0.2) is 40.2 Å². The number of anilines is 3. The van der Waals surface area contributed by atoms with Crippen LogP contribution in [0, 0.1) is 17.5 Å². The molecular formula is C26H24ClF3N10O2. The van der Waals surface area contributed by atoms with Crippen LogP contribution < -0.4 is 21.6 Å². The van der Waals surface area contributed by atoms with Crippen molar-refractivity contribution in [2.24, 2.45) is 14.1 Å². The summed E-state index contributed by atoms with van der Waals surface area (Å²) in [5, 5.41) is 12.6. The maximum absolute atomic E-state index is 14.1. The maximum atomic E-state index is 14.1. The van der Waals surface area contributed by atoms with E-state index in [2.05, 4.69) is 30.4 Å². The third-order valence-electron chi connectivity index (χ3n) is 7.02. The molecule has 3 aromatic heterocycles. The van der Waals surface area contributed by atoms with Gasteiger partial charge in [0.05, 0.1) is 29.3 Å². The Hall–Kier alpha value is -4.66. The molecule has 0 aliphatic carbocycles. The highest BCUT2D eigenvalue weighted by Gasteiger charge is 2.22. The molecule has 16 heteroatoms. The van der Waals surface area contributed by atoms with E-state index in [0.717, 1.165) is 58.4 Å². The molecule has 1 aliphatic heterocycles. The molecule has 6 rings (SSSR count). The molecule has 12 nitrogen and oxygen atoms in total. The van der Waals surface area contributed by atoms with Gasteiger partial charge in [-0.15, -0.1) is 0 Å². The number of aromatic nitrogens is 8. The number of hydrogen-bond acceptors (Lipinski definition) is 8. The third kappa shape index (κ3) is 5.00. The second-order valence-electron chi connectivity index (χ2n) is 10.00. The average molecular weight is 601 g/mol. The summed E-state index contributed by atoms with van der Waals surface area (Å²) in [5.41, 5.74) is -0.899. The molecule has 0 spiro atoms. The second-order valence-corrected chi connectivity index (χ2v) is 10.4. The Balaban J connectivity index is 1.47. The van der Waals surface area contributed by atoms with Crippen LogP contribution in [0.2, 0.25) is 5.02 Å². The van der Waals surface area contributed by atoms with Crippen LogP contribution in [0.5, 0.6) is 0 Å². The van der Waals surface area contributed by atoms with Crippen molar-refractivity contribution in [2.75, 3.05) is 23.3 Å². The van der Waals surface area contributed by atoms with Gasteiger partial charge in [-0.05, 0) is 42.7 Å². The first-order valence-corrected chi connectivity index (χ1v) is 13.3. The largest absolute Gasteiger partial charge is 0.356 e. The van der Waals surface area contributed by atoms with Crippen molar-refractivity contribution in [3.05, 3.63) is 85.4 Å². The van der Waals surface area contributed by atoms with Gasteiger partial charge in [0, 0.05) is 32.6 Å². The number of hydrogen-bond donors (Lipinski definition) is 1. The molecule has 2 aromatic carbocycles. The summed E-state index contributed by atoms with van der Waals surface area (Å²) in [4.78, 5) is 37.0. The van der Waals surface area contributed by atoms with Gasteiger partial charge in [-0.3, -0.25) is 13.9 Å². The summed E-state index contributed by atoms with van der Waals surface area (Å²) in [6.45, 7) is 0.980. The molecule has 0 bridgehead atoms. The van der Waals surface area contributed by atoms with E-state index in [1.165, 1.54) is 11.0 Å². The van der Waals surface area contributed by atoms with Gasteiger partial charge in [-0.25, -0.2) is 32.3 Å². The highest BCUT2D eigenvalue weighted by molar-refractivity contribution is 6.34. The monoisotopic (exact) mass is 600 g/mol. The van der Waals surface area contributed by atoms with Gasteiger partial charge in [-0.1, -0.05) is 11.6 Å². The van der Waals surface area contributed by atoms with E-state index < -0.39 is 35.4 Å². The lowest BCUT2D eigenvalue weighted by Crippen LogP contribution is -2.43. The Labute approximate surface area is 240 Å². The molecule has 1 N–H and O–H groups in total. The Bertz CT molecular complexity index is 1940. The summed E-state index contributed by atoms with van der Waals surface area (Å²) in [6.07, 6.45) is 3.51. The van der Waals surface area contributed by atoms with Crippen LogP contribution in [-0.2, 0) is 27.2 Å². The number of nitrogens with zero attached hydrogens (tertiary/aromatic N) is 9. The van der Waals surface area contributed by atoms with Gasteiger partial charge in [0.25, 0.3) is 0 Å². The van der Waals surface area contributed by atoms with E-state index in [4.69, 9.17) is 11.6 Å². The summed E-state index contributed by atoms with van der Waals surface area (Å²) in [7, 11) is 3.46. The average Bonchev–Trinajstić information content (AvgIpc) is 3.67. The van der Waals surface area contributed by atoms with Gasteiger partial charge in [0.2, 0.25) is 5.95 Å². The molecule has 218 valence electrons. The molecule has 1 fully saturated rings. The van der Waals surface area contributed by atoms with E-state index in [0.29, 0.717) is 11.2 Å². The second kappa shape index (κ2) is 10.6. The van der Waals surface area contributed by atoms with Gasteiger partial charge in [-0.2, -0.15) is 15.2 Å². The number of rotatable bonds is 7. The van der Waals surface area contributed by atoms with Crippen molar-refractivity contribution in [1.29, 1.82) is 0 Å². The normalized spacial score (nSPS) is 13.4. The first kappa shape index (κ1) is 27.5. The van der Waals surface area contributed by atoms with Crippen molar-refractivity contribution in [3.63, 3.8) is 0 Å². The minimum Gasteiger partial charge on any atom is -0.356 e. The Morgan fingerprint density at radius 2 is 1.67 bits per heavy atom. The predicted octanol–water partition coefficient (Wildman–Crippen LogP) is 2.93. The zero-order valence-corrected chi connectivity index (χ0v) is 23.2. The van der Waals surface area contributed by atoms with Crippen LogP contribution in [0.4, 0.5) is 30.6 Å². The van der Waals surface area contributed by atoms with Crippen LogP contribution in [0.3, 0.4) is 0 Å². The molecule has 5 aromatic rings. The number of nitrogens with one attached hydrogen (secondary N) is 1. The predicted molar refractivity (Wildman–Crippen MR) is 149 cm³/mol. The number of halogens is 4. The van der Waals surface area contributed by atoms with Crippen LogP contribution in [0.25, 0.3) is 10.9 Å². The lowest BCUT2D eigenvalue weighted by atomic mass is 10.2. The molecule has 0 saturated carbocycles. The van der Waals surface area contributed by atoms with E-state index in [1.807, 2.05) is 7.05 Å². The van der Waals surface area contributed by atoms with Crippen LogP contribution in [0.1, 0.15) is 24.2 Å². The molecule has 0 radical (unpaired) electrons. The molecular weight excluding hydrogens is 577 g/mol. The van der Waals surface area contributed by atoms with E-state index in [-0.39, 0.29) is 28.9 Å². The molecule has 4 heterocycles. The summed E-state index contributed by atoms with van der Waals surface area (Å²) >= 11 is 6.58. The van der Waals surface area contributed by atoms with Crippen LogP contribution >= 0.6 is 11.6 Å².